The lowest BCUT2D eigenvalue weighted by atomic mass is 9.52. The lowest BCUT2D eigenvalue weighted by Gasteiger charge is -2.59. The molecule has 2 aliphatic heterocycles. The Balaban J connectivity index is 1.17. The second-order valence-corrected chi connectivity index (χ2v) is 12.4. The van der Waals surface area contributed by atoms with Gasteiger partial charge in [-0.05, 0) is 103 Å². The Bertz CT molecular complexity index is 1510. The third-order valence-corrected chi connectivity index (χ3v) is 10.2. The average Bonchev–Trinajstić information content (AvgIpc) is 3.63. The van der Waals surface area contributed by atoms with Gasteiger partial charge in [-0.1, -0.05) is 30.3 Å². The Kier molecular flexibility index (Phi) is 4.79. The number of H-pyrrole nitrogens is 1. The first-order valence-electron chi connectivity index (χ1n) is 14.2. The molecule has 8 rings (SSSR count). The van der Waals surface area contributed by atoms with E-state index >= 15 is 0 Å². The third kappa shape index (κ3) is 3.35. The fourth-order valence-electron chi connectivity index (χ4n) is 8.17. The van der Waals surface area contributed by atoms with Gasteiger partial charge in [-0.3, -0.25) is 14.5 Å². The summed E-state index contributed by atoms with van der Waals surface area (Å²) in [5.41, 5.74) is 6.91. The minimum absolute atomic E-state index is 0.0882. The lowest BCUT2D eigenvalue weighted by molar-refractivity contribution is 0.00457. The predicted molar refractivity (Wildman–Crippen MR) is 144 cm³/mol. The summed E-state index contributed by atoms with van der Waals surface area (Å²) < 4.78 is 0. The van der Waals surface area contributed by atoms with Crippen LogP contribution >= 0.6 is 0 Å². The number of hydrogen-bond donors (Lipinski definition) is 2. The van der Waals surface area contributed by atoms with Crippen molar-refractivity contribution in [1.82, 2.24) is 14.8 Å². The number of likely N-dealkylation sites (tertiary alicyclic amines) is 1. The van der Waals surface area contributed by atoms with E-state index in [-0.39, 0.29) is 22.4 Å². The van der Waals surface area contributed by atoms with Crippen LogP contribution in [-0.4, -0.2) is 44.9 Å². The summed E-state index contributed by atoms with van der Waals surface area (Å²) >= 11 is 0. The molecule has 2 N–H and O–H groups in total. The minimum atomic E-state index is -0.283. The molecule has 38 heavy (non-hydrogen) atoms. The average molecular weight is 508 g/mol. The number of carbonyl (C=O) groups excluding carboxylic acids is 1. The molecule has 3 aliphatic carbocycles. The van der Waals surface area contributed by atoms with Gasteiger partial charge in [0, 0.05) is 36.8 Å². The molecule has 6 nitrogen and oxygen atoms in total. The van der Waals surface area contributed by atoms with Crippen LogP contribution in [0.1, 0.15) is 63.1 Å². The van der Waals surface area contributed by atoms with Crippen molar-refractivity contribution in [3.05, 3.63) is 98.0 Å². The molecule has 1 aromatic heterocycles. The van der Waals surface area contributed by atoms with E-state index in [0.717, 1.165) is 60.5 Å². The summed E-state index contributed by atoms with van der Waals surface area (Å²) in [5.74, 6) is 1.38. The van der Waals surface area contributed by atoms with E-state index in [9.17, 15) is 14.7 Å². The topological polar surface area (TPSA) is 76.6 Å². The summed E-state index contributed by atoms with van der Waals surface area (Å²) in [7, 11) is 0. The van der Waals surface area contributed by atoms with E-state index < -0.39 is 0 Å². The quantitative estimate of drug-likeness (QED) is 0.563. The van der Waals surface area contributed by atoms with Gasteiger partial charge in [0.1, 0.15) is 11.3 Å². The van der Waals surface area contributed by atoms with Crippen LogP contribution in [0.4, 0.5) is 0 Å². The van der Waals surface area contributed by atoms with Crippen LogP contribution in [0.2, 0.25) is 0 Å². The highest BCUT2D eigenvalue weighted by Crippen LogP contribution is 2.55. The second kappa shape index (κ2) is 8.06. The number of aromatic amines is 1. The van der Waals surface area contributed by atoms with Crippen LogP contribution < -0.4 is 5.56 Å². The van der Waals surface area contributed by atoms with Crippen molar-refractivity contribution in [3.63, 3.8) is 0 Å². The number of piperidine rings is 1. The molecule has 6 heteroatoms. The van der Waals surface area contributed by atoms with E-state index in [1.165, 1.54) is 30.5 Å². The molecule has 1 saturated carbocycles. The SMILES string of the molecule is O=C(c1cc2c([nH]c1=O)CC13CCN(CC4CC4)C(Cc4ccc(O)cc41)C3C2)N1Cc2ccccc2C1. The highest BCUT2D eigenvalue weighted by molar-refractivity contribution is 5.94. The predicted octanol–water partition coefficient (Wildman–Crippen LogP) is 3.93. The van der Waals surface area contributed by atoms with Gasteiger partial charge in [-0.2, -0.15) is 0 Å². The molecule has 194 valence electrons. The Morgan fingerprint density at radius 2 is 1.79 bits per heavy atom. The van der Waals surface area contributed by atoms with Gasteiger partial charge >= 0.3 is 0 Å². The molecule has 3 aromatic rings. The zero-order valence-corrected chi connectivity index (χ0v) is 21.6. The van der Waals surface area contributed by atoms with Crippen LogP contribution in [0.3, 0.4) is 0 Å². The summed E-state index contributed by atoms with van der Waals surface area (Å²) in [6.07, 6.45) is 6.35. The molecule has 3 heterocycles. The number of carbonyl (C=O) groups is 1. The highest BCUT2D eigenvalue weighted by atomic mass is 16.3. The van der Waals surface area contributed by atoms with Gasteiger partial charge in [0.05, 0.1) is 0 Å². The van der Waals surface area contributed by atoms with E-state index in [0.29, 0.717) is 30.8 Å². The number of aromatic nitrogens is 1. The number of benzene rings is 2. The Labute approximate surface area is 222 Å². The molecule has 1 saturated heterocycles. The van der Waals surface area contributed by atoms with Crippen molar-refractivity contribution in [2.75, 3.05) is 13.1 Å². The fraction of sp³-hybridized carbons (Fsp3) is 0.438. The Morgan fingerprint density at radius 1 is 1.00 bits per heavy atom. The summed E-state index contributed by atoms with van der Waals surface area (Å²) in [4.78, 5) is 34.6. The first-order chi connectivity index (χ1) is 18.5. The van der Waals surface area contributed by atoms with Crippen molar-refractivity contribution < 1.29 is 9.90 Å². The smallest absolute Gasteiger partial charge is 0.261 e. The van der Waals surface area contributed by atoms with Crippen molar-refractivity contribution >= 4 is 5.91 Å². The van der Waals surface area contributed by atoms with Gasteiger partial charge in [0.15, 0.2) is 0 Å². The Hall–Kier alpha value is -3.38. The van der Waals surface area contributed by atoms with Crippen molar-refractivity contribution in [2.24, 2.45) is 11.8 Å². The summed E-state index contributed by atoms with van der Waals surface area (Å²) in [5, 5.41) is 10.4. The van der Waals surface area contributed by atoms with Gasteiger partial charge in [0.25, 0.3) is 11.5 Å². The number of nitrogens with zero attached hydrogens (tertiary/aromatic N) is 2. The zero-order chi connectivity index (χ0) is 25.6. The molecule has 2 bridgehead atoms. The van der Waals surface area contributed by atoms with Crippen LogP contribution in [0.25, 0.3) is 0 Å². The number of rotatable bonds is 3. The standard InChI is InChI=1S/C32H33N3O3/c36-24-8-7-20-13-29-27-12-23-11-25(31(38)35-17-21-3-1-2-4-22(21)18-35)30(37)33-28(23)15-32(27,26(20)14-24)9-10-34(29)16-19-5-6-19/h1-4,7-8,11,14,19,27,29,36H,5-6,9-10,12-13,15-18H2,(H,33,37). The van der Waals surface area contributed by atoms with Crippen LogP contribution in [0, 0.1) is 11.8 Å². The number of nitrogens with one attached hydrogen (secondary N) is 1. The summed E-state index contributed by atoms with van der Waals surface area (Å²) in [6, 6.07) is 16.4. The number of phenolic OH excluding ortho intramolecular Hbond substituents is 1. The highest BCUT2D eigenvalue weighted by Gasteiger charge is 2.55. The first kappa shape index (κ1) is 22.6. The molecule has 2 aromatic carbocycles. The van der Waals surface area contributed by atoms with Gasteiger partial charge < -0.3 is 15.0 Å². The largest absolute Gasteiger partial charge is 0.508 e. The molecular formula is C32H33N3O3. The number of pyridine rings is 1. The fourth-order valence-corrected chi connectivity index (χ4v) is 8.17. The van der Waals surface area contributed by atoms with Crippen LogP contribution in [0.15, 0.2) is 53.3 Å². The van der Waals surface area contributed by atoms with Gasteiger partial charge in [-0.25, -0.2) is 0 Å². The molecule has 5 aliphatic rings. The van der Waals surface area contributed by atoms with Crippen molar-refractivity contribution in [1.29, 1.82) is 0 Å². The number of fused-ring (bicyclic) bond motifs is 3. The maximum Gasteiger partial charge on any atom is 0.261 e. The van der Waals surface area contributed by atoms with E-state index in [2.05, 4.69) is 28.1 Å². The third-order valence-electron chi connectivity index (χ3n) is 10.2. The molecular weight excluding hydrogens is 474 g/mol. The van der Waals surface area contributed by atoms with Crippen molar-refractivity contribution in [2.45, 2.75) is 63.1 Å². The van der Waals surface area contributed by atoms with Crippen molar-refractivity contribution in [3.8, 4) is 5.75 Å². The van der Waals surface area contributed by atoms with Crippen LogP contribution in [0.5, 0.6) is 5.75 Å². The lowest BCUT2D eigenvalue weighted by Crippen LogP contribution is -2.63. The Morgan fingerprint density at radius 3 is 2.55 bits per heavy atom. The second-order valence-electron chi connectivity index (χ2n) is 12.4. The number of amides is 1. The maximum absolute atomic E-state index is 13.6. The normalized spacial score (nSPS) is 27.3. The van der Waals surface area contributed by atoms with E-state index in [4.69, 9.17) is 0 Å². The minimum Gasteiger partial charge on any atom is -0.508 e. The molecule has 1 amide bonds. The van der Waals surface area contributed by atoms with Gasteiger partial charge in [0.2, 0.25) is 0 Å². The molecule has 2 fully saturated rings. The monoisotopic (exact) mass is 507 g/mol. The first-order valence-corrected chi connectivity index (χ1v) is 14.2. The molecule has 0 radical (unpaired) electrons. The van der Waals surface area contributed by atoms with E-state index in [1.54, 1.807) is 4.90 Å². The number of phenols is 1. The summed E-state index contributed by atoms with van der Waals surface area (Å²) in [6.45, 7) is 3.35. The maximum atomic E-state index is 13.6. The van der Waals surface area contributed by atoms with E-state index in [1.807, 2.05) is 30.3 Å². The molecule has 3 atom stereocenters. The molecule has 0 spiro atoms. The number of aromatic hydroxyl groups is 1. The molecule has 3 unspecified atom stereocenters. The van der Waals surface area contributed by atoms with Gasteiger partial charge in [-0.15, -0.1) is 0 Å². The van der Waals surface area contributed by atoms with Crippen LogP contribution in [-0.2, 0) is 37.8 Å². The number of hydrogen-bond acceptors (Lipinski definition) is 4. The zero-order valence-electron chi connectivity index (χ0n) is 21.6.